The van der Waals surface area contributed by atoms with E-state index in [2.05, 4.69) is 32.0 Å². The Hall–Kier alpha value is -2.67. The summed E-state index contributed by atoms with van der Waals surface area (Å²) in [7, 11) is -3.47. The lowest BCUT2D eigenvalue weighted by Gasteiger charge is -2.32. The molecule has 0 atom stereocenters. The highest BCUT2D eigenvalue weighted by Crippen LogP contribution is 2.33. The molecule has 1 fully saturated rings. The number of piperazine rings is 1. The molecule has 0 bridgehead atoms. The second kappa shape index (κ2) is 9.29. The van der Waals surface area contributed by atoms with E-state index in [0.717, 1.165) is 16.7 Å². The lowest BCUT2D eigenvalue weighted by molar-refractivity contribution is -0.917. The standard InChI is InChI=1S/C27H32N2O3S/c1-21-9-12-25(13-10-21)33(31,32)29-17-15-28(16-18-29)20-22-19-24(11-14-26(22)30)27(2,3)23-7-5-4-6-8-23/h4-14,19,30H,15-18,20H2,1-3H3/p+1. The Balaban J connectivity index is 1.46. The molecule has 3 aromatic rings. The quantitative estimate of drug-likeness (QED) is 0.588. The Bertz CT molecular complexity index is 1200. The first kappa shape index (κ1) is 23.5. The van der Waals surface area contributed by atoms with Crippen LogP contribution in [-0.4, -0.2) is 44.0 Å². The summed E-state index contributed by atoms with van der Waals surface area (Å²) in [6.07, 6.45) is 0. The average molecular weight is 466 g/mol. The molecule has 2 N–H and O–H groups in total. The first-order valence-corrected chi connectivity index (χ1v) is 12.9. The molecule has 0 unspecified atom stereocenters. The van der Waals surface area contributed by atoms with Gasteiger partial charge in [-0.3, -0.25) is 0 Å². The molecule has 6 heteroatoms. The van der Waals surface area contributed by atoms with Crippen molar-refractivity contribution in [2.24, 2.45) is 0 Å². The molecule has 0 spiro atoms. The largest absolute Gasteiger partial charge is 0.507 e. The van der Waals surface area contributed by atoms with Gasteiger partial charge in [0.1, 0.15) is 12.3 Å². The molecular weight excluding hydrogens is 432 g/mol. The minimum Gasteiger partial charge on any atom is -0.507 e. The zero-order valence-corrected chi connectivity index (χ0v) is 20.4. The average Bonchev–Trinajstić information content (AvgIpc) is 2.81. The summed E-state index contributed by atoms with van der Waals surface area (Å²) in [5, 5.41) is 10.5. The van der Waals surface area contributed by atoms with Gasteiger partial charge >= 0.3 is 0 Å². The Morgan fingerprint density at radius 1 is 0.909 bits per heavy atom. The number of sulfonamides is 1. The first-order chi connectivity index (χ1) is 15.7. The molecule has 1 aliphatic heterocycles. The second-order valence-electron chi connectivity index (χ2n) is 9.48. The molecule has 5 nitrogen and oxygen atoms in total. The van der Waals surface area contributed by atoms with Gasteiger partial charge < -0.3 is 10.0 Å². The van der Waals surface area contributed by atoms with Crippen LogP contribution in [0.5, 0.6) is 5.75 Å². The van der Waals surface area contributed by atoms with E-state index in [0.29, 0.717) is 43.4 Å². The van der Waals surface area contributed by atoms with Gasteiger partial charge in [-0.1, -0.05) is 67.9 Å². The van der Waals surface area contributed by atoms with Gasteiger partial charge in [-0.05, 0) is 42.3 Å². The number of phenols is 1. The number of nitrogens with one attached hydrogen (secondary N) is 1. The van der Waals surface area contributed by atoms with Crippen molar-refractivity contribution in [3.63, 3.8) is 0 Å². The van der Waals surface area contributed by atoms with E-state index < -0.39 is 10.0 Å². The normalized spacial score (nSPS) is 16.1. The summed E-state index contributed by atoms with van der Waals surface area (Å²) in [5.74, 6) is 0.296. The summed E-state index contributed by atoms with van der Waals surface area (Å²) in [6, 6.07) is 23.3. The van der Waals surface area contributed by atoms with E-state index in [1.165, 1.54) is 10.5 Å². The maximum Gasteiger partial charge on any atom is 0.243 e. The van der Waals surface area contributed by atoms with E-state index in [9.17, 15) is 13.5 Å². The molecule has 0 amide bonds. The Morgan fingerprint density at radius 2 is 1.55 bits per heavy atom. The summed E-state index contributed by atoms with van der Waals surface area (Å²) in [5.41, 5.74) is 4.15. The lowest BCUT2D eigenvalue weighted by atomic mass is 9.77. The molecule has 3 aromatic carbocycles. The fraction of sp³-hybridized carbons (Fsp3) is 0.333. The number of aromatic hydroxyl groups is 1. The van der Waals surface area contributed by atoms with Crippen molar-refractivity contribution >= 4 is 10.0 Å². The smallest absolute Gasteiger partial charge is 0.243 e. The van der Waals surface area contributed by atoms with Gasteiger partial charge in [0.05, 0.1) is 31.1 Å². The van der Waals surface area contributed by atoms with Gasteiger partial charge in [-0.15, -0.1) is 0 Å². The van der Waals surface area contributed by atoms with Crippen LogP contribution < -0.4 is 4.90 Å². The van der Waals surface area contributed by atoms with Crippen LogP contribution in [0.25, 0.3) is 0 Å². The monoisotopic (exact) mass is 465 g/mol. The molecule has 1 heterocycles. The Kier molecular flexibility index (Phi) is 6.61. The van der Waals surface area contributed by atoms with Crippen molar-refractivity contribution in [1.82, 2.24) is 4.31 Å². The van der Waals surface area contributed by atoms with Crippen molar-refractivity contribution in [2.45, 2.75) is 37.6 Å². The van der Waals surface area contributed by atoms with Crippen LogP contribution in [0.15, 0.2) is 77.7 Å². The number of nitrogens with zero attached hydrogens (tertiary/aromatic N) is 1. The molecule has 4 rings (SSSR count). The van der Waals surface area contributed by atoms with Crippen LogP contribution in [0.4, 0.5) is 0 Å². The number of hydrogen-bond acceptors (Lipinski definition) is 3. The van der Waals surface area contributed by atoms with Crippen LogP contribution in [0, 0.1) is 6.92 Å². The SMILES string of the molecule is Cc1ccc(S(=O)(=O)N2CC[NH+](Cc3cc(C(C)(C)c4ccccc4)ccc3O)CC2)cc1. The van der Waals surface area contributed by atoms with Gasteiger partial charge in [-0.2, -0.15) is 4.31 Å². The van der Waals surface area contributed by atoms with E-state index in [1.54, 1.807) is 22.5 Å². The minimum atomic E-state index is -3.47. The fourth-order valence-electron chi connectivity index (χ4n) is 4.49. The van der Waals surface area contributed by atoms with Gasteiger partial charge in [0.15, 0.2) is 0 Å². The molecular formula is C27H33N2O3S+. The lowest BCUT2D eigenvalue weighted by Crippen LogP contribution is -3.13. The van der Waals surface area contributed by atoms with Gasteiger partial charge in [0, 0.05) is 11.0 Å². The van der Waals surface area contributed by atoms with Gasteiger partial charge in [-0.25, -0.2) is 8.42 Å². The van der Waals surface area contributed by atoms with Gasteiger partial charge in [0.25, 0.3) is 0 Å². The van der Waals surface area contributed by atoms with Crippen LogP contribution >= 0.6 is 0 Å². The Labute approximate surface area is 197 Å². The number of phenolic OH excluding ortho intramolecular Hbond substituents is 1. The van der Waals surface area contributed by atoms with Crippen molar-refractivity contribution in [3.05, 3.63) is 95.1 Å². The van der Waals surface area contributed by atoms with Crippen LogP contribution in [0.3, 0.4) is 0 Å². The third-order valence-electron chi connectivity index (χ3n) is 6.83. The molecule has 174 valence electrons. The van der Waals surface area contributed by atoms with Crippen molar-refractivity contribution < 1.29 is 18.4 Å². The minimum absolute atomic E-state index is 0.181. The second-order valence-corrected chi connectivity index (χ2v) is 11.4. The highest BCUT2D eigenvalue weighted by atomic mass is 32.2. The summed E-state index contributed by atoms with van der Waals surface area (Å²) >= 11 is 0. The van der Waals surface area contributed by atoms with Crippen molar-refractivity contribution in [2.75, 3.05) is 26.2 Å². The molecule has 0 saturated carbocycles. The highest BCUT2D eigenvalue weighted by molar-refractivity contribution is 7.89. The highest BCUT2D eigenvalue weighted by Gasteiger charge is 2.31. The Morgan fingerprint density at radius 3 is 2.18 bits per heavy atom. The summed E-state index contributed by atoms with van der Waals surface area (Å²) < 4.78 is 27.5. The number of quaternary nitrogens is 1. The number of rotatable bonds is 6. The van der Waals surface area contributed by atoms with Crippen molar-refractivity contribution in [1.29, 1.82) is 0 Å². The maximum absolute atomic E-state index is 13.0. The zero-order chi connectivity index (χ0) is 23.6. The third kappa shape index (κ3) is 4.98. The third-order valence-corrected chi connectivity index (χ3v) is 8.74. The molecule has 0 aliphatic carbocycles. The maximum atomic E-state index is 13.0. The van der Waals surface area contributed by atoms with E-state index in [1.807, 2.05) is 43.3 Å². The number of benzene rings is 3. The molecule has 0 radical (unpaired) electrons. The summed E-state index contributed by atoms with van der Waals surface area (Å²) in [4.78, 5) is 1.63. The molecule has 1 aliphatic rings. The van der Waals surface area contributed by atoms with Crippen LogP contribution in [0.2, 0.25) is 0 Å². The zero-order valence-electron chi connectivity index (χ0n) is 19.6. The van der Waals surface area contributed by atoms with Crippen LogP contribution in [0.1, 0.15) is 36.1 Å². The molecule has 0 aromatic heterocycles. The predicted octanol–water partition coefficient (Wildman–Crippen LogP) is 3.12. The fourth-order valence-corrected chi connectivity index (χ4v) is 5.93. The van der Waals surface area contributed by atoms with Gasteiger partial charge in [0.2, 0.25) is 10.0 Å². The number of aryl methyl sites for hydroxylation is 1. The van der Waals surface area contributed by atoms with Crippen LogP contribution in [-0.2, 0) is 22.0 Å². The molecule has 1 saturated heterocycles. The van der Waals surface area contributed by atoms with Crippen molar-refractivity contribution in [3.8, 4) is 5.75 Å². The molecule has 33 heavy (non-hydrogen) atoms. The topological polar surface area (TPSA) is 62.0 Å². The predicted molar refractivity (Wildman–Crippen MR) is 131 cm³/mol. The number of hydrogen-bond donors (Lipinski definition) is 2. The van der Waals surface area contributed by atoms with E-state index >= 15 is 0 Å². The van der Waals surface area contributed by atoms with E-state index in [-0.39, 0.29) is 5.41 Å². The summed E-state index contributed by atoms with van der Waals surface area (Å²) in [6.45, 7) is 9.36. The first-order valence-electron chi connectivity index (χ1n) is 11.5. The van der Waals surface area contributed by atoms with E-state index in [4.69, 9.17) is 0 Å².